The lowest BCUT2D eigenvalue weighted by Crippen LogP contribution is -2.25. The SMILES string of the molecule is CCCCCCCCCCCCCCCCCC/C(=C\CCCCNC(=O)CCCN(C)C)CCCCCCCCC(CCCCCCCCCC)CCCCCCCCCCC. The Morgan fingerprint density at radius 3 is 1.03 bits per heavy atom. The third kappa shape index (κ3) is 52.0. The van der Waals surface area contributed by atoms with Crippen LogP contribution >= 0.6 is 0 Å². The van der Waals surface area contributed by atoms with E-state index in [0.29, 0.717) is 6.42 Å². The molecular weight excluding hydrogens is 765 g/mol. The molecule has 0 aromatic rings. The fourth-order valence-corrected chi connectivity index (χ4v) is 9.91. The normalized spacial score (nSPS) is 12.5. The minimum atomic E-state index is 0.226. The van der Waals surface area contributed by atoms with Crippen molar-refractivity contribution in [2.45, 2.75) is 335 Å². The molecule has 376 valence electrons. The summed E-state index contributed by atoms with van der Waals surface area (Å²) in [5.41, 5.74) is 1.74. The van der Waals surface area contributed by atoms with Gasteiger partial charge in [0.2, 0.25) is 5.91 Å². The fraction of sp³-hybridized carbons (Fsp3) is 0.950. The van der Waals surface area contributed by atoms with E-state index in [-0.39, 0.29) is 5.91 Å². The van der Waals surface area contributed by atoms with Crippen molar-refractivity contribution in [1.29, 1.82) is 0 Å². The van der Waals surface area contributed by atoms with Gasteiger partial charge < -0.3 is 10.2 Å². The summed E-state index contributed by atoms with van der Waals surface area (Å²) in [6, 6.07) is 0. The second-order valence-electron chi connectivity index (χ2n) is 21.1. The topological polar surface area (TPSA) is 32.3 Å². The van der Waals surface area contributed by atoms with Gasteiger partial charge in [0.15, 0.2) is 0 Å². The molecule has 63 heavy (non-hydrogen) atoms. The Kier molecular flexibility index (Phi) is 53.1. The zero-order chi connectivity index (χ0) is 45.8. The smallest absolute Gasteiger partial charge is 0.220 e. The number of hydrogen-bond acceptors (Lipinski definition) is 2. The number of nitrogens with zero attached hydrogens (tertiary/aromatic N) is 1. The van der Waals surface area contributed by atoms with Gasteiger partial charge in [0, 0.05) is 13.0 Å². The van der Waals surface area contributed by atoms with Crippen molar-refractivity contribution in [3.05, 3.63) is 11.6 Å². The zero-order valence-electron chi connectivity index (χ0n) is 44.6. The lowest BCUT2D eigenvalue weighted by molar-refractivity contribution is -0.121. The van der Waals surface area contributed by atoms with Crippen LogP contribution in [0, 0.1) is 5.92 Å². The molecule has 0 aliphatic rings. The van der Waals surface area contributed by atoms with E-state index in [2.05, 4.69) is 51.2 Å². The van der Waals surface area contributed by atoms with Crippen LogP contribution in [0.4, 0.5) is 0 Å². The molecule has 0 radical (unpaired) electrons. The molecule has 0 fully saturated rings. The summed E-state index contributed by atoms with van der Waals surface area (Å²) in [5.74, 6) is 1.22. The molecule has 3 heteroatoms. The Labute approximate surface area is 399 Å². The van der Waals surface area contributed by atoms with Crippen molar-refractivity contribution in [3.63, 3.8) is 0 Å². The van der Waals surface area contributed by atoms with E-state index in [0.717, 1.165) is 31.8 Å². The van der Waals surface area contributed by atoms with E-state index in [4.69, 9.17) is 0 Å². The second kappa shape index (κ2) is 53.8. The van der Waals surface area contributed by atoms with Crippen LogP contribution in [-0.4, -0.2) is 38.0 Å². The highest BCUT2D eigenvalue weighted by Gasteiger charge is 2.09. The molecule has 0 aliphatic carbocycles. The van der Waals surface area contributed by atoms with Crippen LogP contribution in [0.5, 0.6) is 0 Å². The minimum Gasteiger partial charge on any atom is -0.356 e. The number of amides is 1. The first kappa shape index (κ1) is 62.2. The summed E-state index contributed by atoms with van der Waals surface area (Å²) in [6.07, 6.45) is 71.2. The highest BCUT2D eigenvalue weighted by molar-refractivity contribution is 5.75. The van der Waals surface area contributed by atoms with E-state index in [9.17, 15) is 4.79 Å². The number of hydrogen-bond donors (Lipinski definition) is 1. The average molecular weight is 886 g/mol. The van der Waals surface area contributed by atoms with Gasteiger partial charge in [-0.25, -0.2) is 0 Å². The lowest BCUT2D eigenvalue weighted by Gasteiger charge is -2.17. The molecule has 0 heterocycles. The van der Waals surface area contributed by atoms with Crippen LogP contribution in [0.15, 0.2) is 11.6 Å². The summed E-state index contributed by atoms with van der Waals surface area (Å²) < 4.78 is 0. The monoisotopic (exact) mass is 885 g/mol. The van der Waals surface area contributed by atoms with Gasteiger partial charge in [-0.15, -0.1) is 0 Å². The number of unbranched alkanes of at least 4 members (excludes halogenated alkanes) is 37. The van der Waals surface area contributed by atoms with E-state index in [1.807, 2.05) is 0 Å². The summed E-state index contributed by atoms with van der Waals surface area (Å²) in [7, 11) is 4.16. The first-order valence-corrected chi connectivity index (χ1v) is 29.6. The van der Waals surface area contributed by atoms with Gasteiger partial charge in [-0.05, 0) is 77.9 Å². The summed E-state index contributed by atoms with van der Waals surface area (Å²) in [5, 5.41) is 3.16. The molecule has 1 atom stereocenters. The zero-order valence-corrected chi connectivity index (χ0v) is 44.6. The Balaban J connectivity index is 4.50. The quantitative estimate of drug-likeness (QED) is 0.0488. The maximum absolute atomic E-state index is 12.2. The van der Waals surface area contributed by atoms with Crippen molar-refractivity contribution in [2.24, 2.45) is 5.92 Å². The number of carbonyl (C=O) groups is 1. The minimum absolute atomic E-state index is 0.226. The van der Waals surface area contributed by atoms with Crippen molar-refractivity contribution in [3.8, 4) is 0 Å². The molecule has 0 spiro atoms. The molecule has 0 rings (SSSR count). The third-order valence-corrected chi connectivity index (χ3v) is 14.3. The summed E-state index contributed by atoms with van der Waals surface area (Å²) in [4.78, 5) is 14.4. The fourth-order valence-electron chi connectivity index (χ4n) is 9.91. The van der Waals surface area contributed by atoms with E-state index >= 15 is 0 Å². The number of carbonyl (C=O) groups excluding carboxylic acids is 1. The number of nitrogens with one attached hydrogen (secondary N) is 1. The maximum atomic E-state index is 12.2. The standard InChI is InChI=1S/C60H120N2O/c1-6-9-12-15-18-21-22-23-24-25-26-27-29-32-37-43-52-59(54-46-40-47-56-61-60(63)55-48-57-62(4)5)53-45-39-34-33-38-44-51-58(49-41-35-30-20-17-14-11-8-3)50-42-36-31-28-19-16-13-10-7-2/h54,58H,6-53,55-57H2,1-5H3,(H,61,63)/b59-54+. The van der Waals surface area contributed by atoms with Crippen molar-refractivity contribution in [2.75, 3.05) is 27.2 Å². The molecule has 0 aromatic heterocycles. The van der Waals surface area contributed by atoms with Crippen LogP contribution < -0.4 is 5.32 Å². The highest BCUT2D eigenvalue weighted by atomic mass is 16.1. The van der Waals surface area contributed by atoms with Gasteiger partial charge in [-0.1, -0.05) is 289 Å². The van der Waals surface area contributed by atoms with Crippen LogP contribution in [0.3, 0.4) is 0 Å². The van der Waals surface area contributed by atoms with E-state index in [1.54, 1.807) is 5.57 Å². The van der Waals surface area contributed by atoms with Gasteiger partial charge in [0.1, 0.15) is 0 Å². The number of rotatable bonds is 54. The van der Waals surface area contributed by atoms with Crippen molar-refractivity contribution < 1.29 is 4.79 Å². The molecule has 0 bridgehead atoms. The van der Waals surface area contributed by atoms with Gasteiger partial charge in [-0.3, -0.25) is 4.79 Å². The Morgan fingerprint density at radius 1 is 0.381 bits per heavy atom. The van der Waals surface area contributed by atoms with Crippen LogP contribution in [0.2, 0.25) is 0 Å². The Hall–Kier alpha value is -0.830. The lowest BCUT2D eigenvalue weighted by atomic mass is 9.89. The first-order valence-electron chi connectivity index (χ1n) is 29.6. The predicted molar refractivity (Wildman–Crippen MR) is 286 cm³/mol. The van der Waals surface area contributed by atoms with E-state index < -0.39 is 0 Å². The molecule has 3 nitrogen and oxygen atoms in total. The van der Waals surface area contributed by atoms with Crippen LogP contribution in [0.25, 0.3) is 0 Å². The first-order chi connectivity index (χ1) is 31.0. The molecule has 1 N–H and O–H groups in total. The molecular formula is C60H120N2O. The van der Waals surface area contributed by atoms with Crippen LogP contribution in [0.1, 0.15) is 335 Å². The Morgan fingerprint density at radius 2 is 0.698 bits per heavy atom. The summed E-state index contributed by atoms with van der Waals surface area (Å²) in [6.45, 7) is 8.79. The molecule has 0 saturated carbocycles. The molecule has 1 amide bonds. The molecule has 1 unspecified atom stereocenters. The molecule has 0 aromatic carbocycles. The Bertz CT molecular complexity index is 897. The van der Waals surface area contributed by atoms with Crippen molar-refractivity contribution in [1.82, 2.24) is 10.2 Å². The molecule has 0 aliphatic heterocycles. The van der Waals surface area contributed by atoms with Gasteiger partial charge in [0.05, 0.1) is 0 Å². The largest absolute Gasteiger partial charge is 0.356 e. The molecule has 0 saturated heterocycles. The van der Waals surface area contributed by atoms with Crippen molar-refractivity contribution >= 4 is 5.91 Å². The van der Waals surface area contributed by atoms with Gasteiger partial charge in [0.25, 0.3) is 0 Å². The third-order valence-electron chi connectivity index (χ3n) is 14.3. The second-order valence-corrected chi connectivity index (χ2v) is 21.1. The summed E-state index contributed by atoms with van der Waals surface area (Å²) >= 11 is 0. The number of allylic oxidation sites excluding steroid dienone is 2. The maximum Gasteiger partial charge on any atom is 0.220 e. The van der Waals surface area contributed by atoms with E-state index in [1.165, 1.54) is 295 Å². The van der Waals surface area contributed by atoms with Crippen LogP contribution in [-0.2, 0) is 4.79 Å². The van der Waals surface area contributed by atoms with Gasteiger partial charge >= 0.3 is 0 Å². The van der Waals surface area contributed by atoms with Gasteiger partial charge in [-0.2, -0.15) is 0 Å². The average Bonchev–Trinajstić information content (AvgIpc) is 3.27. The predicted octanol–water partition coefficient (Wildman–Crippen LogP) is 20.4. The highest BCUT2D eigenvalue weighted by Crippen LogP contribution is 2.26.